The predicted molar refractivity (Wildman–Crippen MR) is 69.2 cm³/mol. The van der Waals surface area contributed by atoms with Crippen molar-refractivity contribution < 1.29 is 8.42 Å². The van der Waals surface area contributed by atoms with Gasteiger partial charge in [-0.2, -0.15) is 0 Å². The highest BCUT2D eigenvalue weighted by atomic mass is 32.2. The van der Waals surface area contributed by atoms with Gasteiger partial charge in [-0.15, -0.1) is 0 Å². The number of hydrogen-bond acceptors (Lipinski definition) is 3. The van der Waals surface area contributed by atoms with Crippen LogP contribution in [-0.4, -0.2) is 24.0 Å². The molecule has 96 valence electrons. The lowest BCUT2D eigenvalue weighted by atomic mass is 10.1. The van der Waals surface area contributed by atoms with Crippen molar-refractivity contribution in [3.63, 3.8) is 0 Å². The monoisotopic (exact) mass is 266 g/mol. The van der Waals surface area contributed by atoms with Gasteiger partial charge in [0.05, 0.1) is 10.6 Å². The van der Waals surface area contributed by atoms with Crippen LogP contribution in [-0.2, 0) is 23.9 Å². The zero-order valence-corrected chi connectivity index (χ0v) is 11.2. The molecule has 0 spiro atoms. The first-order valence-electron chi connectivity index (χ1n) is 5.34. The summed E-state index contributed by atoms with van der Waals surface area (Å²) in [5.74, 6) is 0. The highest BCUT2D eigenvalue weighted by Gasteiger charge is 2.10. The molecule has 1 heterocycles. The Morgan fingerprint density at radius 1 is 1.00 bits per heavy atom. The molecular formula is C12H14N2O3S. The Labute approximate surface area is 105 Å². The molecule has 2 aromatic rings. The molecule has 0 aliphatic rings. The molecule has 6 heteroatoms. The molecule has 0 saturated heterocycles. The summed E-state index contributed by atoms with van der Waals surface area (Å²) in [6.45, 7) is 0. The number of hydrogen-bond donors (Lipinski definition) is 0. The van der Waals surface area contributed by atoms with Crippen molar-refractivity contribution in [2.24, 2.45) is 14.1 Å². The first kappa shape index (κ1) is 12.6. The maximum absolute atomic E-state index is 11.5. The van der Waals surface area contributed by atoms with Gasteiger partial charge in [0.15, 0.2) is 9.84 Å². The van der Waals surface area contributed by atoms with E-state index in [1.54, 1.807) is 43.0 Å². The van der Waals surface area contributed by atoms with E-state index in [1.807, 2.05) is 0 Å². The average Bonchev–Trinajstić information content (AvgIpc) is 2.56. The molecular weight excluding hydrogens is 252 g/mol. The molecule has 18 heavy (non-hydrogen) atoms. The molecule has 0 amide bonds. The molecule has 1 aromatic heterocycles. The van der Waals surface area contributed by atoms with Gasteiger partial charge in [0.1, 0.15) is 0 Å². The van der Waals surface area contributed by atoms with Gasteiger partial charge in [-0.1, -0.05) is 12.1 Å². The summed E-state index contributed by atoms with van der Waals surface area (Å²) in [5, 5.41) is 0. The number of nitrogens with zero attached hydrogens (tertiary/aromatic N) is 2. The topological polar surface area (TPSA) is 61.1 Å². The van der Waals surface area contributed by atoms with E-state index in [0.29, 0.717) is 0 Å². The largest absolute Gasteiger partial charge is 0.285 e. The Kier molecular flexibility index (Phi) is 2.90. The standard InChI is InChI=1S/C12H14N2O3S/c1-13-11(8-12(15)14(13)2)9-4-6-10(7-5-9)18(3,16)17/h4-8H,1-3H3. The molecule has 2 rings (SSSR count). The number of benzene rings is 1. The third-order valence-electron chi connectivity index (χ3n) is 2.96. The van der Waals surface area contributed by atoms with E-state index in [0.717, 1.165) is 11.3 Å². The minimum Gasteiger partial charge on any atom is -0.285 e. The Morgan fingerprint density at radius 2 is 1.56 bits per heavy atom. The van der Waals surface area contributed by atoms with Crippen LogP contribution in [0.5, 0.6) is 0 Å². The van der Waals surface area contributed by atoms with E-state index in [1.165, 1.54) is 17.0 Å². The lowest BCUT2D eigenvalue weighted by Crippen LogP contribution is -2.16. The average molecular weight is 266 g/mol. The maximum Gasteiger partial charge on any atom is 0.266 e. The van der Waals surface area contributed by atoms with E-state index >= 15 is 0 Å². The van der Waals surface area contributed by atoms with Gasteiger partial charge in [0.25, 0.3) is 5.56 Å². The fourth-order valence-electron chi connectivity index (χ4n) is 1.76. The smallest absolute Gasteiger partial charge is 0.266 e. The molecule has 0 radical (unpaired) electrons. The Bertz CT molecular complexity index is 737. The number of rotatable bonds is 2. The number of aromatic nitrogens is 2. The van der Waals surface area contributed by atoms with E-state index in [9.17, 15) is 13.2 Å². The zero-order chi connectivity index (χ0) is 13.5. The lowest BCUT2D eigenvalue weighted by Gasteiger charge is -2.06. The van der Waals surface area contributed by atoms with Crippen molar-refractivity contribution in [1.29, 1.82) is 0 Å². The summed E-state index contributed by atoms with van der Waals surface area (Å²) in [6.07, 6.45) is 1.17. The van der Waals surface area contributed by atoms with Crippen LogP contribution in [0.2, 0.25) is 0 Å². The second-order valence-electron chi connectivity index (χ2n) is 4.21. The van der Waals surface area contributed by atoms with E-state index in [2.05, 4.69) is 0 Å². The van der Waals surface area contributed by atoms with Crippen LogP contribution < -0.4 is 5.56 Å². The SMILES string of the molecule is Cn1c(-c2ccc(S(C)(=O)=O)cc2)cc(=O)n1C. The normalized spacial score (nSPS) is 11.7. The van der Waals surface area contributed by atoms with Crippen LogP contribution in [0.4, 0.5) is 0 Å². The van der Waals surface area contributed by atoms with Crippen LogP contribution >= 0.6 is 0 Å². The molecule has 0 N–H and O–H groups in total. The minimum atomic E-state index is -3.19. The summed E-state index contributed by atoms with van der Waals surface area (Å²) in [5.41, 5.74) is 1.46. The fourth-order valence-corrected chi connectivity index (χ4v) is 2.39. The van der Waals surface area contributed by atoms with Gasteiger partial charge < -0.3 is 0 Å². The quantitative estimate of drug-likeness (QED) is 0.807. The van der Waals surface area contributed by atoms with Crippen molar-refractivity contribution in [2.45, 2.75) is 4.90 Å². The number of sulfone groups is 1. The maximum atomic E-state index is 11.5. The van der Waals surface area contributed by atoms with Crippen LogP contribution in [0.15, 0.2) is 40.0 Å². The first-order valence-corrected chi connectivity index (χ1v) is 7.23. The molecule has 0 bridgehead atoms. The van der Waals surface area contributed by atoms with Gasteiger partial charge in [0, 0.05) is 26.4 Å². The second-order valence-corrected chi connectivity index (χ2v) is 6.23. The first-order chi connectivity index (χ1) is 8.30. The third kappa shape index (κ3) is 2.11. The predicted octanol–water partition coefficient (Wildman–Crippen LogP) is 0.794. The molecule has 0 saturated carbocycles. The van der Waals surface area contributed by atoms with Crippen molar-refractivity contribution in [1.82, 2.24) is 9.36 Å². The highest BCUT2D eigenvalue weighted by Crippen LogP contribution is 2.19. The van der Waals surface area contributed by atoms with Gasteiger partial charge >= 0.3 is 0 Å². The van der Waals surface area contributed by atoms with Gasteiger partial charge in [-0.3, -0.25) is 14.2 Å². The van der Waals surface area contributed by atoms with Crippen molar-refractivity contribution >= 4 is 9.84 Å². The van der Waals surface area contributed by atoms with Gasteiger partial charge in [-0.05, 0) is 17.7 Å². The second kappa shape index (κ2) is 4.13. The Hall–Kier alpha value is -1.82. The molecule has 0 atom stereocenters. The van der Waals surface area contributed by atoms with Crippen LogP contribution in [0.1, 0.15) is 0 Å². The summed E-state index contributed by atoms with van der Waals surface area (Å²) in [7, 11) is 0.268. The Balaban J connectivity index is 2.53. The van der Waals surface area contributed by atoms with Crippen molar-refractivity contribution in [2.75, 3.05) is 6.26 Å². The molecule has 0 aliphatic heterocycles. The lowest BCUT2D eigenvalue weighted by molar-refractivity contribution is 0.584. The van der Waals surface area contributed by atoms with Crippen LogP contribution in [0, 0.1) is 0 Å². The zero-order valence-electron chi connectivity index (χ0n) is 10.4. The summed E-state index contributed by atoms with van der Waals surface area (Å²) < 4.78 is 25.9. The van der Waals surface area contributed by atoms with Gasteiger partial charge in [0.2, 0.25) is 0 Å². The molecule has 1 aromatic carbocycles. The molecule has 5 nitrogen and oxygen atoms in total. The van der Waals surface area contributed by atoms with Crippen LogP contribution in [0.3, 0.4) is 0 Å². The van der Waals surface area contributed by atoms with Gasteiger partial charge in [-0.25, -0.2) is 8.42 Å². The third-order valence-corrected chi connectivity index (χ3v) is 4.08. The van der Waals surface area contributed by atoms with E-state index in [-0.39, 0.29) is 10.5 Å². The molecule has 0 unspecified atom stereocenters. The fraction of sp³-hybridized carbons (Fsp3) is 0.250. The summed E-state index contributed by atoms with van der Waals surface area (Å²) in [4.78, 5) is 11.8. The molecule has 0 aliphatic carbocycles. The minimum absolute atomic E-state index is 0.0975. The highest BCUT2D eigenvalue weighted by molar-refractivity contribution is 7.90. The van der Waals surface area contributed by atoms with Crippen molar-refractivity contribution in [3.05, 3.63) is 40.7 Å². The summed E-state index contributed by atoms with van der Waals surface area (Å²) >= 11 is 0. The summed E-state index contributed by atoms with van der Waals surface area (Å²) in [6, 6.07) is 8.01. The van der Waals surface area contributed by atoms with E-state index in [4.69, 9.17) is 0 Å². The van der Waals surface area contributed by atoms with Crippen LogP contribution in [0.25, 0.3) is 11.3 Å². The van der Waals surface area contributed by atoms with Crippen molar-refractivity contribution in [3.8, 4) is 11.3 Å². The van der Waals surface area contributed by atoms with E-state index < -0.39 is 9.84 Å². The molecule has 0 fully saturated rings. The Morgan fingerprint density at radius 3 is 1.94 bits per heavy atom.